The van der Waals surface area contributed by atoms with Gasteiger partial charge in [-0.1, -0.05) is 12.1 Å². The lowest BCUT2D eigenvalue weighted by atomic mass is 10.1. The van der Waals surface area contributed by atoms with E-state index < -0.39 is 0 Å². The molecule has 136 valence electrons. The Hall–Kier alpha value is -3.02. The summed E-state index contributed by atoms with van der Waals surface area (Å²) in [6.07, 6.45) is 0.961. The van der Waals surface area contributed by atoms with E-state index in [0.717, 1.165) is 5.56 Å². The van der Waals surface area contributed by atoms with Gasteiger partial charge in [-0.15, -0.1) is 0 Å². The highest BCUT2D eigenvalue weighted by molar-refractivity contribution is 5.94. The number of rotatable bonds is 5. The van der Waals surface area contributed by atoms with Crippen molar-refractivity contribution in [1.29, 1.82) is 0 Å². The molecule has 0 saturated heterocycles. The van der Waals surface area contributed by atoms with Crippen LogP contribution in [0.1, 0.15) is 22.3 Å². The molecule has 2 amide bonds. The molecule has 0 fully saturated rings. The molecule has 3 rings (SSSR count). The van der Waals surface area contributed by atoms with E-state index in [0.29, 0.717) is 48.8 Å². The van der Waals surface area contributed by atoms with Gasteiger partial charge in [-0.3, -0.25) is 9.59 Å². The predicted octanol–water partition coefficient (Wildman–Crippen LogP) is 2.73. The Bertz CT molecular complexity index is 800. The molecule has 0 aliphatic carbocycles. The van der Waals surface area contributed by atoms with Gasteiger partial charge in [0.2, 0.25) is 5.91 Å². The van der Waals surface area contributed by atoms with Crippen LogP contribution in [0.25, 0.3) is 0 Å². The third-order valence-electron chi connectivity index (χ3n) is 4.07. The third kappa shape index (κ3) is 4.33. The minimum absolute atomic E-state index is 0.0344. The summed E-state index contributed by atoms with van der Waals surface area (Å²) < 4.78 is 11.0. The molecule has 0 bridgehead atoms. The van der Waals surface area contributed by atoms with E-state index in [1.54, 1.807) is 44.4 Å². The predicted molar refractivity (Wildman–Crippen MR) is 98.8 cm³/mol. The van der Waals surface area contributed by atoms with Crippen LogP contribution in [0, 0.1) is 0 Å². The Labute approximate surface area is 152 Å². The van der Waals surface area contributed by atoms with E-state index in [1.165, 1.54) is 4.90 Å². The van der Waals surface area contributed by atoms with Gasteiger partial charge in [0.05, 0.1) is 0 Å². The zero-order valence-electron chi connectivity index (χ0n) is 15.0. The highest BCUT2D eigenvalue weighted by Gasteiger charge is 2.13. The van der Waals surface area contributed by atoms with Gasteiger partial charge >= 0.3 is 0 Å². The summed E-state index contributed by atoms with van der Waals surface area (Å²) in [7, 11) is 3.44. The number of nitrogens with zero attached hydrogens (tertiary/aromatic N) is 1. The summed E-state index contributed by atoms with van der Waals surface area (Å²) in [4.78, 5) is 25.6. The average molecular weight is 354 g/mol. The molecule has 0 saturated carbocycles. The van der Waals surface area contributed by atoms with Gasteiger partial charge in [0.25, 0.3) is 5.91 Å². The number of hydrogen-bond acceptors (Lipinski definition) is 4. The van der Waals surface area contributed by atoms with E-state index in [9.17, 15) is 9.59 Å². The van der Waals surface area contributed by atoms with Crippen molar-refractivity contribution in [1.82, 2.24) is 4.90 Å². The molecule has 0 unspecified atom stereocenters. The van der Waals surface area contributed by atoms with Crippen LogP contribution in [0.2, 0.25) is 0 Å². The molecule has 0 radical (unpaired) electrons. The van der Waals surface area contributed by atoms with Crippen molar-refractivity contribution in [2.24, 2.45) is 0 Å². The fourth-order valence-electron chi connectivity index (χ4n) is 2.67. The summed E-state index contributed by atoms with van der Waals surface area (Å²) in [5.41, 5.74) is 2.34. The van der Waals surface area contributed by atoms with E-state index in [4.69, 9.17) is 9.47 Å². The smallest absolute Gasteiger partial charge is 0.253 e. The summed E-state index contributed by atoms with van der Waals surface area (Å²) in [6.45, 7) is 1.05. The largest absolute Gasteiger partial charge is 0.486 e. The molecule has 1 aliphatic rings. The molecule has 2 aromatic rings. The number of nitrogens with one attached hydrogen (secondary N) is 1. The number of hydrogen-bond donors (Lipinski definition) is 1. The number of carbonyl (C=O) groups is 2. The van der Waals surface area contributed by atoms with Crippen LogP contribution < -0.4 is 14.8 Å². The number of amides is 2. The van der Waals surface area contributed by atoms with Crippen LogP contribution >= 0.6 is 0 Å². The van der Waals surface area contributed by atoms with E-state index in [2.05, 4.69) is 5.32 Å². The van der Waals surface area contributed by atoms with Crippen LogP contribution in [0.15, 0.2) is 42.5 Å². The van der Waals surface area contributed by atoms with Crippen molar-refractivity contribution in [3.05, 3.63) is 53.6 Å². The van der Waals surface area contributed by atoms with Gasteiger partial charge in [-0.25, -0.2) is 0 Å². The van der Waals surface area contributed by atoms with Gasteiger partial charge < -0.3 is 19.7 Å². The lowest BCUT2D eigenvalue weighted by molar-refractivity contribution is -0.116. The Morgan fingerprint density at radius 1 is 1.00 bits per heavy atom. The number of fused-ring (bicyclic) bond motifs is 1. The maximum absolute atomic E-state index is 12.2. The zero-order chi connectivity index (χ0) is 18.5. The minimum atomic E-state index is -0.0740. The Kier molecular flexibility index (Phi) is 5.41. The Balaban J connectivity index is 1.53. The maximum Gasteiger partial charge on any atom is 0.253 e. The van der Waals surface area contributed by atoms with Crippen molar-refractivity contribution in [2.45, 2.75) is 12.8 Å². The van der Waals surface area contributed by atoms with Crippen molar-refractivity contribution < 1.29 is 19.1 Å². The van der Waals surface area contributed by atoms with E-state index in [-0.39, 0.29) is 11.8 Å². The highest BCUT2D eigenvalue weighted by atomic mass is 16.6. The summed E-state index contributed by atoms with van der Waals surface area (Å²) in [5, 5.41) is 2.87. The van der Waals surface area contributed by atoms with E-state index in [1.807, 2.05) is 12.1 Å². The second kappa shape index (κ2) is 7.91. The van der Waals surface area contributed by atoms with Gasteiger partial charge in [-0.05, 0) is 36.2 Å². The van der Waals surface area contributed by atoms with Crippen molar-refractivity contribution in [3.8, 4) is 11.5 Å². The third-order valence-corrected chi connectivity index (χ3v) is 4.07. The molecular weight excluding hydrogens is 332 g/mol. The number of carbonyl (C=O) groups excluding carboxylic acids is 2. The van der Waals surface area contributed by atoms with Crippen LogP contribution in [0.4, 0.5) is 5.69 Å². The maximum atomic E-state index is 12.2. The first kappa shape index (κ1) is 17.8. The fraction of sp³-hybridized carbons (Fsp3) is 0.300. The van der Waals surface area contributed by atoms with Crippen molar-refractivity contribution in [3.63, 3.8) is 0 Å². The molecule has 26 heavy (non-hydrogen) atoms. The Morgan fingerprint density at radius 3 is 2.38 bits per heavy atom. The molecule has 1 heterocycles. The van der Waals surface area contributed by atoms with Gasteiger partial charge in [0.1, 0.15) is 13.2 Å². The van der Waals surface area contributed by atoms with Crippen LogP contribution in [0.5, 0.6) is 11.5 Å². The SMILES string of the molecule is CN(C)C(=O)c1ccc(CCC(=O)Nc2ccc3c(c2)OCCO3)cc1. The highest BCUT2D eigenvalue weighted by Crippen LogP contribution is 2.32. The average Bonchev–Trinajstić information content (AvgIpc) is 2.66. The second-order valence-corrected chi connectivity index (χ2v) is 6.30. The zero-order valence-corrected chi connectivity index (χ0v) is 15.0. The number of aryl methyl sites for hydroxylation is 1. The first-order valence-electron chi connectivity index (χ1n) is 8.53. The van der Waals surface area contributed by atoms with Crippen LogP contribution in [-0.4, -0.2) is 44.0 Å². The first-order valence-corrected chi connectivity index (χ1v) is 8.53. The van der Waals surface area contributed by atoms with Crippen LogP contribution in [-0.2, 0) is 11.2 Å². The van der Waals surface area contributed by atoms with Crippen molar-refractivity contribution in [2.75, 3.05) is 32.6 Å². The molecule has 0 atom stereocenters. The standard InChI is InChI=1S/C20H22N2O4/c1-22(2)20(24)15-6-3-14(4-7-15)5-10-19(23)21-16-8-9-17-18(13-16)26-12-11-25-17/h3-4,6-9,13H,5,10-12H2,1-2H3,(H,21,23). The quantitative estimate of drug-likeness (QED) is 0.896. The van der Waals surface area contributed by atoms with Gasteiger partial charge in [0, 0.05) is 37.8 Å². The summed E-state index contributed by atoms with van der Waals surface area (Å²) >= 11 is 0. The fourth-order valence-corrected chi connectivity index (χ4v) is 2.67. The topological polar surface area (TPSA) is 67.9 Å². The minimum Gasteiger partial charge on any atom is -0.486 e. The molecule has 0 spiro atoms. The molecule has 6 heteroatoms. The van der Waals surface area contributed by atoms with Crippen molar-refractivity contribution >= 4 is 17.5 Å². The number of ether oxygens (including phenoxy) is 2. The number of anilines is 1. The van der Waals surface area contributed by atoms with Gasteiger partial charge in [-0.2, -0.15) is 0 Å². The summed E-state index contributed by atoms with van der Waals surface area (Å²) in [5.74, 6) is 1.24. The summed E-state index contributed by atoms with van der Waals surface area (Å²) in [6, 6.07) is 12.7. The monoisotopic (exact) mass is 354 g/mol. The second-order valence-electron chi connectivity index (χ2n) is 6.30. The molecule has 6 nitrogen and oxygen atoms in total. The lowest BCUT2D eigenvalue weighted by Gasteiger charge is -2.19. The lowest BCUT2D eigenvalue weighted by Crippen LogP contribution is -2.21. The molecular formula is C20H22N2O4. The first-order chi connectivity index (χ1) is 12.5. The normalized spacial score (nSPS) is 12.4. The molecule has 0 aromatic heterocycles. The Morgan fingerprint density at radius 2 is 1.69 bits per heavy atom. The number of benzene rings is 2. The molecule has 1 aliphatic heterocycles. The van der Waals surface area contributed by atoms with Gasteiger partial charge in [0.15, 0.2) is 11.5 Å². The van der Waals surface area contributed by atoms with E-state index >= 15 is 0 Å². The molecule has 2 aromatic carbocycles. The van der Waals surface area contributed by atoms with Crippen LogP contribution in [0.3, 0.4) is 0 Å². The molecule has 1 N–H and O–H groups in total.